The first kappa shape index (κ1) is 39.2. The molecule has 4 rings (SSSR count). The molecule has 0 saturated carbocycles. The molecule has 0 amide bonds. The van der Waals surface area contributed by atoms with E-state index in [1.807, 2.05) is 36.4 Å². The third-order valence-electron chi connectivity index (χ3n) is 9.30. The van der Waals surface area contributed by atoms with Crippen molar-refractivity contribution in [2.75, 3.05) is 37.6 Å². The number of benzene rings is 3. The third-order valence-corrected chi connectivity index (χ3v) is 11.6. The minimum Gasteiger partial charge on any atom is -0.456 e. The van der Waals surface area contributed by atoms with Crippen molar-refractivity contribution in [2.45, 2.75) is 95.3 Å². The number of carbonyl (C=O) groups is 1. The van der Waals surface area contributed by atoms with Gasteiger partial charge in [-0.25, -0.2) is 17.7 Å². The Morgan fingerprint density at radius 3 is 2.04 bits per heavy atom. The molecule has 2 aliphatic rings. The normalized spacial score (nSPS) is 12.1. The van der Waals surface area contributed by atoms with E-state index in [-0.39, 0.29) is 17.0 Å². The highest BCUT2D eigenvalue weighted by Gasteiger charge is 2.27. The van der Waals surface area contributed by atoms with E-state index in [2.05, 4.69) is 41.9 Å². The van der Waals surface area contributed by atoms with Gasteiger partial charge in [-0.15, -0.1) is 0 Å². The van der Waals surface area contributed by atoms with Crippen LogP contribution in [-0.2, 0) is 24.9 Å². The predicted molar refractivity (Wildman–Crippen MR) is 201 cm³/mol. The second-order valence-corrected chi connectivity index (χ2v) is 15.7. The average Bonchev–Trinajstić information content (AvgIpc) is 3.10. The Hall–Kier alpha value is -3.58. The number of hydrogen-bond donors (Lipinski definition) is 2. The van der Waals surface area contributed by atoms with Crippen molar-refractivity contribution in [3.63, 3.8) is 0 Å². The van der Waals surface area contributed by atoms with Gasteiger partial charge in [0.15, 0.2) is 0 Å². The Labute approximate surface area is 297 Å². The zero-order chi connectivity index (χ0) is 36.3. The molecule has 0 bridgehead atoms. The molecule has 2 aromatic carbocycles. The lowest BCUT2D eigenvalue weighted by Crippen LogP contribution is -2.29. The fourth-order valence-corrected chi connectivity index (χ4v) is 8.42. The van der Waals surface area contributed by atoms with Crippen molar-refractivity contribution in [2.24, 2.45) is 0 Å². The number of nitrogens with one attached hydrogen (secondary N) is 1. The molecule has 10 nitrogen and oxygen atoms in total. The molecular weight excluding hydrogens is 675 g/mol. The smallest absolute Gasteiger partial charge is 0.295 e. The second kappa shape index (κ2) is 18.1. The lowest BCUT2D eigenvalue weighted by molar-refractivity contribution is -0.107. The Morgan fingerprint density at radius 1 is 0.780 bits per heavy atom. The molecule has 1 aliphatic heterocycles. The summed E-state index contributed by atoms with van der Waals surface area (Å²) in [5.41, 5.74) is 2.81. The van der Waals surface area contributed by atoms with Crippen molar-refractivity contribution in [3.05, 3.63) is 60.0 Å². The Bertz CT molecular complexity index is 2010. The molecule has 0 atom stereocenters. The average molecular weight is 727 g/mol. The van der Waals surface area contributed by atoms with Crippen LogP contribution in [0.25, 0.3) is 33.4 Å². The molecule has 0 radical (unpaired) electrons. The number of nitrogens with zero attached hydrogens (tertiary/aromatic N) is 2. The molecule has 0 unspecified atom stereocenters. The summed E-state index contributed by atoms with van der Waals surface area (Å²) < 4.78 is 74.4. The monoisotopic (exact) mass is 726 g/mol. The highest BCUT2D eigenvalue weighted by Crippen LogP contribution is 2.43. The zero-order valence-electron chi connectivity index (χ0n) is 29.8. The summed E-state index contributed by atoms with van der Waals surface area (Å²) in [4.78, 5) is 11.9. The Balaban J connectivity index is 1.71. The molecule has 0 saturated heterocycles. The van der Waals surface area contributed by atoms with Crippen LogP contribution >= 0.6 is 0 Å². The molecule has 2 N–H and O–H groups in total. The van der Waals surface area contributed by atoms with Crippen LogP contribution in [0.2, 0.25) is 0 Å². The second-order valence-electron chi connectivity index (χ2n) is 12.5. The molecule has 1 heterocycles. The van der Waals surface area contributed by atoms with Gasteiger partial charge in [0.2, 0.25) is 15.4 Å². The van der Waals surface area contributed by atoms with Gasteiger partial charge >= 0.3 is 0 Å². The maximum Gasteiger partial charge on any atom is 0.295 e. The highest BCUT2D eigenvalue weighted by atomic mass is 32.2. The van der Waals surface area contributed by atoms with Crippen LogP contribution in [0.4, 0.5) is 5.69 Å². The summed E-state index contributed by atoms with van der Waals surface area (Å²) in [6.45, 7) is 11.6. The molecule has 0 fully saturated rings. The van der Waals surface area contributed by atoms with E-state index in [0.29, 0.717) is 40.7 Å². The van der Waals surface area contributed by atoms with Gasteiger partial charge in [-0.1, -0.05) is 44.6 Å². The number of aldehydes is 1. The van der Waals surface area contributed by atoms with Crippen molar-refractivity contribution in [3.8, 4) is 22.5 Å². The van der Waals surface area contributed by atoms with Gasteiger partial charge in [0.25, 0.3) is 10.1 Å². The molecule has 1 aliphatic carbocycles. The number of rotatable bonds is 20. The van der Waals surface area contributed by atoms with Crippen LogP contribution in [0.5, 0.6) is 0 Å². The first-order valence-electron chi connectivity index (χ1n) is 17.9. The summed E-state index contributed by atoms with van der Waals surface area (Å²) in [6, 6.07) is 15.4. The molecular formula is C38H52N3O7S2+. The molecule has 272 valence electrons. The van der Waals surface area contributed by atoms with Crippen molar-refractivity contribution >= 4 is 43.1 Å². The maximum atomic E-state index is 13.3. The quantitative estimate of drug-likeness (QED) is 0.0324. The Morgan fingerprint density at radius 2 is 1.42 bits per heavy atom. The van der Waals surface area contributed by atoms with Crippen LogP contribution in [0, 0.1) is 0 Å². The minimum atomic E-state index is -4.86. The molecule has 12 heteroatoms. The number of sulfonamides is 1. The zero-order valence-corrected chi connectivity index (χ0v) is 31.4. The van der Waals surface area contributed by atoms with E-state index in [9.17, 15) is 26.2 Å². The SMILES string of the molecule is CCN(CC)c1ccc2c(-c3ccc(S(=O)(=O)NCCCCCCCCCCC=O)cc3S(=O)(=O)O)c3ccc(=[N+](CC)CC)cc-3oc2c1. The topological polar surface area (TPSA) is 137 Å². The minimum absolute atomic E-state index is 0.176. The lowest BCUT2D eigenvalue weighted by Gasteiger charge is -2.22. The third kappa shape index (κ3) is 9.60. The number of anilines is 1. The van der Waals surface area contributed by atoms with E-state index < -0.39 is 25.0 Å². The van der Waals surface area contributed by atoms with Crippen molar-refractivity contribution in [1.82, 2.24) is 9.30 Å². The van der Waals surface area contributed by atoms with Gasteiger partial charge in [0, 0.05) is 66.0 Å². The molecule has 50 heavy (non-hydrogen) atoms. The summed E-state index contributed by atoms with van der Waals surface area (Å²) in [5, 5.41) is 1.58. The summed E-state index contributed by atoms with van der Waals surface area (Å²) in [6.07, 6.45) is 9.25. The number of unbranched alkanes of at least 4 members (excludes halogenated alkanes) is 8. The van der Waals surface area contributed by atoms with Gasteiger partial charge in [-0.05, 0) is 70.9 Å². The van der Waals surface area contributed by atoms with Gasteiger partial charge in [-0.3, -0.25) is 4.55 Å². The molecule has 0 spiro atoms. The summed E-state index contributed by atoms with van der Waals surface area (Å²) in [5.74, 6) is 0.533. The fourth-order valence-electron chi connectivity index (χ4n) is 6.52. The standard InChI is InChI=1S/C38H51N3O7S2/c1-5-40(6-2)29-18-21-32-35(26-29)48-36-27-30(41(7-3)8-4)19-22-33(36)38(32)34-23-20-31(28-37(34)50(45,46)47)49(43,44)39-24-16-14-12-10-9-11-13-15-17-25-42/h18-23,25-28,39H,5-17,24H2,1-4H3/p+1. The van der Waals surface area contributed by atoms with Gasteiger partial charge in [0.1, 0.15) is 35.6 Å². The van der Waals surface area contributed by atoms with Crippen LogP contribution < -0.4 is 19.6 Å². The summed E-state index contributed by atoms with van der Waals surface area (Å²) >= 11 is 0. The van der Waals surface area contributed by atoms with Crippen molar-refractivity contribution < 1.29 is 30.6 Å². The largest absolute Gasteiger partial charge is 0.456 e. The maximum absolute atomic E-state index is 13.3. The van der Waals surface area contributed by atoms with E-state index >= 15 is 0 Å². The Kier molecular flexibility index (Phi) is 14.2. The van der Waals surface area contributed by atoms with E-state index in [1.54, 1.807) is 0 Å². The van der Waals surface area contributed by atoms with Gasteiger partial charge in [0.05, 0.1) is 11.0 Å². The van der Waals surface area contributed by atoms with Crippen LogP contribution in [0.1, 0.15) is 85.5 Å². The lowest BCUT2D eigenvalue weighted by atomic mass is 9.93. The first-order chi connectivity index (χ1) is 24.0. The van der Waals surface area contributed by atoms with Gasteiger partial charge < -0.3 is 14.1 Å². The predicted octanol–water partition coefficient (Wildman–Crippen LogP) is 7.10. The van der Waals surface area contributed by atoms with E-state index in [1.165, 1.54) is 12.1 Å². The van der Waals surface area contributed by atoms with Crippen LogP contribution in [0.3, 0.4) is 0 Å². The van der Waals surface area contributed by atoms with Crippen LogP contribution in [-0.4, -0.2) is 60.4 Å². The molecule has 2 aromatic rings. The van der Waals surface area contributed by atoms with E-state index in [0.717, 1.165) is 94.5 Å². The highest BCUT2D eigenvalue weighted by molar-refractivity contribution is 7.89. The van der Waals surface area contributed by atoms with Crippen molar-refractivity contribution in [1.29, 1.82) is 0 Å². The summed E-state index contributed by atoms with van der Waals surface area (Å²) in [7, 11) is -8.93. The number of carbonyl (C=O) groups excluding carboxylic acids is 1. The number of fused-ring (bicyclic) bond motifs is 2. The number of hydrogen-bond acceptors (Lipinski definition) is 7. The van der Waals surface area contributed by atoms with E-state index in [4.69, 9.17) is 4.42 Å². The van der Waals surface area contributed by atoms with Gasteiger partial charge in [-0.2, -0.15) is 8.42 Å². The first-order valence-corrected chi connectivity index (χ1v) is 20.8. The fraction of sp³-hybridized carbons (Fsp3) is 0.474. The molecule has 0 aromatic heterocycles. The van der Waals surface area contributed by atoms with Crippen LogP contribution in [0.15, 0.2) is 68.8 Å².